The molecule has 1 saturated heterocycles. The van der Waals surface area contributed by atoms with Gasteiger partial charge in [-0.3, -0.25) is 14.4 Å². The van der Waals surface area contributed by atoms with Crippen molar-refractivity contribution in [3.8, 4) is 0 Å². The minimum atomic E-state index is -0.574. The number of carbonyl (C=O) groups excluding carboxylic acids is 3. The Bertz CT molecular complexity index is 917. The van der Waals surface area contributed by atoms with Crippen LogP contribution < -0.4 is 5.32 Å². The summed E-state index contributed by atoms with van der Waals surface area (Å²) in [5.74, 6) is -1.13. The smallest absolute Gasteiger partial charge is 0.254 e. The van der Waals surface area contributed by atoms with Crippen molar-refractivity contribution in [2.24, 2.45) is 17.3 Å². The molecule has 1 aromatic carbocycles. The van der Waals surface area contributed by atoms with Crippen molar-refractivity contribution in [3.05, 3.63) is 35.1 Å². The summed E-state index contributed by atoms with van der Waals surface area (Å²) in [5, 5.41) is 2.94. The first-order valence-electron chi connectivity index (χ1n) is 13.5. The summed E-state index contributed by atoms with van der Waals surface area (Å²) in [6.45, 7) is 10.7. The van der Waals surface area contributed by atoms with Crippen LogP contribution in [0.2, 0.25) is 0 Å². The minimum Gasteiger partial charge on any atom is -0.342 e. The Kier molecular flexibility index (Phi) is 9.11. The Hall–Kier alpha value is -2.24. The van der Waals surface area contributed by atoms with E-state index in [4.69, 9.17) is 0 Å². The second-order valence-corrected chi connectivity index (χ2v) is 11.6. The van der Waals surface area contributed by atoms with Crippen molar-refractivity contribution in [3.63, 3.8) is 0 Å². The van der Waals surface area contributed by atoms with Crippen LogP contribution in [0.25, 0.3) is 0 Å². The van der Waals surface area contributed by atoms with Crippen molar-refractivity contribution >= 4 is 17.6 Å². The number of ketones is 1. The molecule has 0 spiro atoms. The van der Waals surface area contributed by atoms with Gasteiger partial charge in [-0.1, -0.05) is 66.0 Å². The van der Waals surface area contributed by atoms with Gasteiger partial charge in [0, 0.05) is 30.3 Å². The molecule has 5 nitrogen and oxygen atoms in total. The molecular weight excluding hydrogens is 443 g/mol. The third-order valence-electron chi connectivity index (χ3n) is 7.88. The lowest BCUT2D eigenvalue weighted by Crippen LogP contribution is -2.48. The lowest BCUT2D eigenvalue weighted by molar-refractivity contribution is -0.140. The SMILES string of the molecule is CCC(C)C(=O)C(NC(=O)c1cccc(C2CCCN(C(=O)C(C)(C)C)C2)c1F)C1CCCCC1. The highest BCUT2D eigenvalue weighted by Crippen LogP contribution is 2.33. The monoisotopic (exact) mass is 486 g/mol. The van der Waals surface area contributed by atoms with Crippen LogP contribution in [0.4, 0.5) is 4.39 Å². The zero-order valence-electron chi connectivity index (χ0n) is 22.2. The van der Waals surface area contributed by atoms with Gasteiger partial charge >= 0.3 is 0 Å². The van der Waals surface area contributed by atoms with Crippen LogP contribution in [0.3, 0.4) is 0 Å². The van der Waals surface area contributed by atoms with Gasteiger partial charge in [-0.2, -0.15) is 0 Å². The Balaban J connectivity index is 1.81. The van der Waals surface area contributed by atoms with E-state index >= 15 is 4.39 Å². The van der Waals surface area contributed by atoms with Gasteiger partial charge in [-0.15, -0.1) is 0 Å². The molecule has 1 heterocycles. The summed E-state index contributed by atoms with van der Waals surface area (Å²) < 4.78 is 15.7. The van der Waals surface area contributed by atoms with Crippen LogP contribution >= 0.6 is 0 Å². The molecule has 0 bridgehead atoms. The van der Waals surface area contributed by atoms with Crippen molar-refractivity contribution < 1.29 is 18.8 Å². The lowest BCUT2D eigenvalue weighted by Gasteiger charge is -2.37. The average Bonchev–Trinajstić information content (AvgIpc) is 2.85. The topological polar surface area (TPSA) is 66.5 Å². The van der Waals surface area contributed by atoms with E-state index in [-0.39, 0.29) is 35.0 Å². The maximum Gasteiger partial charge on any atom is 0.254 e. The van der Waals surface area contributed by atoms with E-state index in [1.165, 1.54) is 6.07 Å². The van der Waals surface area contributed by atoms with Crippen LogP contribution in [-0.2, 0) is 9.59 Å². The second-order valence-electron chi connectivity index (χ2n) is 11.6. The number of likely N-dealkylation sites (tertiary alicyclic amines) is 1. The van der Waals surface area contributed by atoms with Gasteiger partial charge < -0.3 is 10.2 Å². The Morgan fingerprint density at radius 2 is 1.77 bits per heavy atom. The van der Waals surface area contributed by atoms with Gasteiger partial charge in [0.05, 0.1) is 11.6 Å². The van der Waals surface area contributed by atoms with E-state index in [0.717, 1.165) is 44.9 Å². The summed E-state index contributed by atoms with van der Waals surface area (Å²) in [5.41, 5.74) is -0.0237. The number of hydrogen-bond acceptors (Lipinski definition) is 3. The predicted molar refractivity (Wildman–Crippen MR) is 137 cm³/mol. The molecule has 0 aromatic heterocycles. The summed E-state index contributed by atoms with van der Waals surface area (Å²) in [7, 11) is 0. The number of halogens is 1. The molecule has 3 rings (SSSR count). The van der Waals surface area contributed by atoms with Crippen LogP contribution in [-0.4, -0.2) is 41.6 Å². The van der Waals surface area contributed by atoms with Crippen LogP contribution in [0.15, 0.2) is 18.2 Å². The zero-order valence-corrected chi connectivity index (χ0v) is 22.2. The largest absolute Gasteiger partial charge is 0.342 e. The highest BCUT2D eigenvalue weighted by atomic mass is 19.1. The van der Waals surface area contributed by atoms with Crippen molar-refractivity contribution in [2.45, 2.75) is 97.9 Å². The molecule has 2 fully saturated rings. The lowest BCUT2D eigenvalue weighted by atomic mass is 9.79. The van der Waals surface area contributed by atoms with E-state index in [1.54, 1.807) is 12.1 Å². The Morgan fingerprint density at radius 3 is 2.40 bits per heavy atom. The van der Waals surface area contributed by atoms with Gasteiger partial charge in [0.2, 0.25) is 5.91 Å². The number of hydrogen-bond donors (Lipinski definition) is 1. The van der Waals surface area contributed by atoms with Crippen LogP contribution in [0, 0.1) is 23.1 Å². The van der Waals surface area contributed by atoms with Gasteiger partial charge in [-0.05, 0) is 49.7 Å². The fourth-order valence-corrected chi connectivity index (χ4v) is 5.55. The number of nitrogens with zero attached hydrogens (tertiary/aromatic N) is 1. The highest BCUT2D eigenvalue weighted by Gasteiger charge is 2.35. The molecule has 194 valence electrons. The molecule has 0 radical (unpaired) electrons. The molecular formula is C29H43FN2O3. The van der Waals surface area contributed by atoms with Crippen molar-refractivity contribution in [1.29, 1.82) is 0 Å². The third kappa shape index (κ3) is 6.50. The van der Waals surface area contributed by atoms with Gasteiger partial charge in [0.15, 0.2) is 5.78 Å². The summed E-state index contributed by atoms with van der Waals surface area (Å²) in [6, 6.07) is 4.37. The van der Waals surface area contributed by atoms with E-state index < -0.39 is 23.2 Å². The Labute approximate surface area is 210 Å². The molecule has 3 unspecified atom stereocenters. The first-order valence-corrected chi connectivity index (χ1v) is 13.5. The van der Waals surface area contributed by atoms with Gasteiger partial charge in [0.25, 0.3) is 5.91 Å². The molecule has 1 N–H and O–H groups in total. The van der Waals surface area contributed by atoms with E-state index in [9.17, 15) is 14.4 Å². The molecule has 3 atom stereocenters. The predicted octanol–water partition coefficient (Wildman–Crippen LogP) is 5.87. The van der Waals surface area contributed by atoms with Gasteiger partial charge in [-0.25, -0.2) is 4.39 Å². The van der Waals surface area contributed by atoms with Gasteiger partial charge in [0.1, 0.15) is 5.82 Å². The van der Waals surface area contributed by atoms with Crippen molar-refractivity contribution in [1.82, 2.24) is 10.2 Å². The molecule has 35 heavy (non-hydrogen) atoms. The molecule has 1 aliphatic carbocycles. The van der Waals surface area contributed by atoms with E-state index in [0.29, 0.717) is 25.1 Å². The quantitative estimate of drug-likeness (QED) is 0.524. The molecule has 2 amide bonds. The molecule has 1 saturated carbocycles. The van der Waals surface area contributed by atoms with Crippen molar-refractivity contribution in [2.75, 3.05) is 13.1 Å². The highest BCUT2D eigenvalue weighted by molar-refractivity contribution is 5.98. The zero-order chi connectivity index (χ0) is 25.8. The second kappa shape index (κ2) is 11.7. The maximum atomic E-state index is 15.7. The number of Topliss-reactive ketones (excluding diaryl/α,β-unsaturated/α-hetero) is 1. The Morgan fingerprint density at radius 1 is 1.09 bits per heavy atom. The number of piperidine rings is 1. The number of benzene rings is 1. The standard InChI is InChI=1S/C29H43FN2O3/c1-6-19(2)26(33)25(20-12-8-7-9-13-20)31-27(34)23-16-10-15-22(24(23)30)21-14-11-17-32(18-21)28(35)29(3,4)5/h10,15-16,19-21,25H,6-9,11-14,17-18H2,1-5H3,(H,31,34). The first kappa shape index (κ1) is 27.3. The number of amides is 2. The van der Waals surface area contributed by atoms with Crippen LogP contribution in [0.5, 0.6) is 0 Å². The summed E-state index contributed by atoms with van der Waals surface area (Å²) >= 11 is 0. The minimum absolute atomic E-state index is 0.0143. The fraction of sp³-hybridized carbons (Fsp3) is 0.690. The molecule has 6 heteroatoms. The van der Waals surface area contributed by atoms with E-state index in [1.807, 2.05) is 39.5 Å². The normalized spacial score (nSPS) is 21.3. The first-order chi connectivity index (χ1) is 16.5. The fourth-order valence-electron chi connectivity index (χ4n) is 5.55. The van der Waals surface area contributed by atoms with Crippen LogP contribution in [0.1, 0.15) is 108 Å². The van der Waals surface area contributed by atoms with E-state index in [2.05, 4.69) is 5.32 Å². The molecule has 1 aromatic rings. The number of nitrogens with one attached hydrogen (secondary N) is 1. The molecule has 2 aliphatic rings. The third-order valence-corrected chi connectivity index (χ3v) is 7.88. The summed E-state index contributed by atoms with van der Waals surface area (Å²) in [4.78, 5) is 41.1. The average molecular weight is 487 g/mol. The molecule has 1 aliphatic heterocycles. The maximum absolute atomic E-state index is 15.7. The summed E-state index contributed by atoms with van der Waals surface area (Å²) in [6.07, 6.45) is 7.38. The number of rotatable bonds is 7. The number of carbonyl (C=O) groups is 3.